The van der Waals surface area contributed by atoms with E-state index in [1.54, 1.807) is 11.8 Å². The Morgan fingerprint density at radius 1 is 0.846 bits per heavy atom. The smallest absolute Gasteiger partial charge is 0.222 e. The molecular weight excluding hydrogens is 322 g/mol. The number of hydrogen-bond acceptors (Lipinski definition) is 2. The summed E-state index contributed by atoms with van der Waals surface area (Å²) in [5.41, 5.74) is 0. The van der Waals surface area contributed by atoms with Crippen LogP contribution in [0.3, 0.4) is 0 Å². The zero-order valence-corrected chi connectivity index (χ0v) is 17.8. The van der Waals surface area contributed by atoms with Crippen molar-refractivity contribution >= 4 is 5.91 Å². The van der Waals surface area contributed by atoms with Crippen LogP contribution in [0.1, 0.15) is 111 Å². The predicted octanol–water partition coefficient (Wildman–Crippen LogP) is 6.25. The van der Waals surface area contributed by atoms with Gasteiger partial charge in [-0.25, -0.2) is 0 Å². The van der Waals surface area contributed by atoms with Crippen molar-refractivity contribution in [3.63, 3.8) is 0 Å². The Morgan fingerprint density at radius 2 is 1.35 bits per heavy atom. The molecule has 0 aromatic carbocycles. The highest BCUT2D eigenvalue weighted by atomic mass is 16.3. The first kappa shape index (κ1) is 25.2. The molecule has 3 heteroatoms. The largest absolute Gasteiger partial charge is 0.392 e. The molecule has 26 heavy (non-hydrogen) atoms. The minimum absolute atomic E-state index is 0.186. The van der Waals surface area contributed by atoms with E-state index in [1.165, 1.54) is 70.6 Å². The van der Waals surface area contributed by atoms with Gasteiger partial charge in [0.25, 0.3) is 0 Å². The lowest BCUT2D eigenvalue weighted by Gasteiger charge is -2.22. The van der Waals surface area contributed by atoms with Gasteiger partial charge in [-0.15, -0.1) is 0 Å². The molecule has 0 aliphatic carbocycles. The van der Waals surface area contributed by atoms with Gasteiger partial charge in [-0.1, -0.05) is 70.4 Å². The number of aliphatic hydroxyl groups is 1. The van der Waals surface area contributed by atoms with Crippen molar-refractivity contribution in [2.24, 2.45) is 0 Å². The van der Waals surface area contributed by atoms with Gasteiger partial charge in [-0.3, -0.25) is 4.79 Å². The van der Waals surface area contributed by atoms with Gasteiger partial charge in [-0.2, -0.15) is 0 Å². The van der Waals surface area contributed by atoms with Crippen molar-refractivity contribution in [1.82, 2.24) is 4.90 Å². The van der Waals surface area contributed by atoms with Crippen LogP contribution in [0.5, 0.6) is 0 Å². The first-order valence-corrected chi connectivity index (χ1v) is 11.2. The summed E-state index contributed by atoms with van der Waals surface area (Å²) in [6.07, 6.45) is 21.5. The van der Waals surface area contributed by atoms with Crippen molar-refractivity contribution in [2.75, 3.05) is 13.1 Å². The molecule has 0 aromatic rings. The molecule has 0 aliphatic heterocycles. The highest BCUT2D eigenvalue weighted by molar-refractivity contribution is 5.76. The summed E-state index contributed by atoms with van der Waals surface area (Å²) in [4.78, 5) is 13.8. The van der Waals surface area contributed by atoms with Gasteiger partial charge >= 0.3 is 0 Å². The summed E-state index contributed by atoms with van der Waals surface area (Å²) in [7, 11) is 0. The van der Waals surface area contributed by atoms with E-state index in [0.29, 0.717) is 19.5 Å². The minimum atomic E-state index is -0.437. The lowest BCUT2D eigenvalue weighted by molar-refractivity contribution is -0.132. The van der Waals surface area contributed by atoms with E-state index in [0.717, 1.165) is 12.8 Å². The molecule has 0 spiro atoms. The molecule has 154 valence electrons. The standard InChI is InChI=1S/C23H45NO2/c1-4-6-7-8-9-10-11-12-13-14-15-16-17-18-19-20-23(26)24(5-2)21-22(3)25/h12-13,22,25H,4-11,14-21H2,1-3H3. The number of unbranched alkanes of at least 4 members (excludes halogenated alkanes) is 11. The topological polar surface area (TPSA) is 40.5 Å². The number of amides is 1. The van der Waals surface area contributed by atoms with Crippen LogP contribution in [0.4, 0.5) is 0 Å². The monoisotopic (exact) mass is 367 g/mol. The Hall–Kier alpha value is -0.830. The second-order valence-corrected chi connectivity index (χ2v) is 7.62. The third-order valence-corrected chi connectivity index (χ3v) is 4.87. The van der Waals surface area contributed by atoms with Crippen LogP contribution >= 0.6 is 0 Å². The molecule has 0 rings (SSSR count). The Morgan fingerprint density at radius 3 is 1.85 bits per heavy atom. The second kappa shape index (κ2) is 18.9. The summed E-state index contributed by atoms with van der Waals surface area (Å²) in [6, 6.07) is 0. The number of rotatable bonds is 18. The van der Waals surface area contributed by atoms with Gasteiger partial charge in [0.05, 0.1) is 6.10 Å². The van der Waals surface area contributed by atoms with Crippen LogP contribution in [0.25, 0.3) is 0 Å². The first-order chi connectivity index (χ1) is 12.6. The Kier molecular flexibility index (Phi) is 18.3. The van der Waals surface area contributed by atoms with E-state index in [-0.39, 0.29) is 5.91 Å². The van der Waals surface area contributed by atoms with Gasteiger partial charge in [0, 0.05) is 19.5 Å². The predicted molar refractivity (Wildman–Crippen MR) is 113 cm³/mol. The van der Waals surface area contributed by atoms with Crippen LogP contribution in [0, 0.1) is 0 Å². The van der Waals surface area contributed by atoms with E-state index in [2.05, 4.69) is 19.1 Å². The molecule has 0 saturated heterocycles. The van der Waals surface area contributed by atoms with E-state index in [1.807, 2.05) is 6.92 Å². The van der Waals surface area contributed by atoms with Crippen molar-refractivity contribution in [1.29, 1.82) is 0 Å². The molecule has 1 amide bonds. The molecule has 1 atom stereocenters. The number of likely N-dealkylation sites (N-methyl/N-ethyl adjacent to an activating group) is 1. The summed E-state index contributed by atoms with van der Waals surface area (Å²) < 4.78 is 0. The van der Waals surface area contributed by atoms with Crippen LogP contribution in [0.2, 0.25) is 0 Å². The maximum atomic E-state index is 12.0. The molecule has 0 aromatic heterocycles. The fourth-order valence-electron chi connectivity index (χ4n) is 3.23. The lowest BCUT2D eigenvalue weighted by Crippen LogP contribution is -2.36. The van der Waals surface area contributed by atoms with E-state index in [9.17, 15) is 9.90 Å². The summed E-state index contributed by atoms with van der Waals surface area (Å²) in [5, 5.41) is 9.41. The average Bonchev–Trinajstić information content (AvgIpc) is 2.62. The number of aliphatic hydroxyl groups excluding tert-OH is 1. The number of nitrogens with zero attached hydrogens (tertiary/aromatic N) is 1. The SMILES string of the molecule is CCCCCCCCC=CCCCCCCCC(=O)N(CC)CC(C)O. The molecule has 3 nitrogen and oxygen atoms in total. The maximum Gasteiger partial charge on any atom is 0.222 e. The highest BCUT2D eigenvalue weighted by Crippen LogP contribution is 2.10. The summed E-state index contributed by atoms with van der Waals surface area (Å²) >= 11 is 0. The van der Waals surface area contributed by atoms with Crippen LogP contribution in [0.15, 0.2) is 12.2 Å². The van der Waals surface area contributed by atoms with Crippen molar-refractivity contribution in [3.8, 4) is 0 Å². The molecule has 0 saturated carbocycles. The summed E-state index contributed by atoms with van der Waals surface area (Å²) in [5.74, 6) is 0.186. The number of allylic oxidation sites excluding steroid dienone is 2. The third kappa shape index (κ3) is 16.6. The van der Waals surface area contributed by atoms with E-state index in [4.69, 9.17) is 0 Å². The van der Waals surface area contributed by atoms with Gasteiger partial charge in [0.1, 0.15) is 0 Å². The number of carbonyl (C=O) groups excluding carboxylic acids is 1. The molecule has 0 heterocycles. The fourth-order valence-corrected chi connectivity index (χ4v) is 3.23. The minimum Gasteiger partial charge on any atom is -0.392 e. The molecule has 0 aliphatic rings. The Balaban J connectivity index is 3.40. The van der Waals surface area contributed by atoms with Crippen LogP contribution < -0.4 is 0 Å². The third-order valence-electron chi connectivity index (χ3n) is 4.87. The van der Waals surface area contributed by atoms with Gasteiger partial charge in [0.2, 0.25) is 5.91 Å². The number of hydrogen-bond donors (Lipinski definition) is 1. The summed E-state index contributed by atoms with van der Waals surface area (Å²) in [6.45, 7) is 7.12. The Bertz CT molecular complexity index is 339. The molecule has 1 N–H and O–H groups in total. The Labute approximate surface area is 163 Å². The molecular formula is C23H45NO2. The molecule has 1 unspecified atom stereocenters. The van der Waals surface area contributed by atoms with E-state index < -0.39 is 6.10 Å². The second-order valence-electron chi connectivity index (χ2n) is 7.62. The first-order valence-electron chi connectivity index (χ1n) is 11.2. The van der Waals surface area contributed by atoms with Gasteiger partial charge < -0.3 is 10.0 Å². The zero-order valence-electron chi connectivity index (χ0n) is 17.8. The van der Waals surface area contributed by atoms with Crippen molar-refractivity contribution in [2.45, 2.75) is 117 Å². The van der Waals surface area contributed by atoms with E-state index >= 15 is 0 Å². The number of carbonyl (C=O) groups is 1. The van der Waals surface area contributed by atoms with Gasteiger partial charge in [0.15, 0.2) is 0 Å². The normalized spacial score (nSPS) is 12.6. The van der Waals surface area contributed by atoms with Crippen molar-refractivity contribution in [3.05, 3.63) is 12.2 Å². The van der Waals surface area contributed by atoms with Gasteiger partial charge in [-0.05, 0) is 46.0 Å². The van der Waals surface area contributed by atoms with Crippen LogP contribution in [-0.4, -0.2) is 35.1 Å². The fraction of sp³-hybridized carbons (Fsp3) is 0.870. The molecule has 0 radical (unpaired) electrons. The molecule has 0 bridgehead atoms. The average molecular weight is 368 g/mol. The zero-order chi connectivity index (χ0) is 19.5. The highest BCUT2D eigenvalue weighted by Gasteiger charge is 2.12. The van der Waals surface area contributed by atoms with Crippen LogP contribution in [-0.2, 0) is 4.79 Å². The molecule has 0 fully saturated rings. The van der Waals surface area contributed by atoms with Crippen molar-refractivity contribution < 1.29 is 9.90 Å². The maximum absolute atomic E-state index is 12.0. The lowest BCUT2D eigenvalue weighted by atomic mass is 10.1. The quantitative estimate of drug-likeness (QED) is 0.230.